The van der Waals surface area contributed by atoms with Gasteiger partial charge in [-0.25, -0.2) is 4.39 Å². The summed E-state index contributed by atoms with van der Waals surface area (Å²) >= 11 is 5.80. The summed E-state index contributed by atoms with van der Waals surface area (Å²) in [5.41, 5.74) is 1.57. The molecule has 166 valence electrons. The Labute approximate surface area is 187 Å². The van der Waals surface area contributed by atoms with Crippen LogP contribution in [0.15, 0.2) is 42.5 Å². The molecule has 1 aliphatic carbocycles. The zero-order valence-electron chi connectivity index (χ0n) is 18.1. The van der Waals surface area contributed by atoms with E-state index in [1.165, 1.54) is 35.9 Å². The van der Waals surface area contributed by atoms with E-state index in [0.29, 0.717) is 28.4 Å². The Morgan fingerprint density at radius 3 is 2.55 bits per heavy atom. The SMILES string of the molecule is CCOc1cc(F)ccc1C(=O)N1CC2(CC(C)C2)C1.CN(C=O)c1ccccc1Cl. The van der Waals surface area contributed by atoms with E-state index in [1.54, 1.807) is 19.2 Å². The van der Waals surface area contributed by atoms with Crippen molar-refractivity contribution >= 4 is 29.6 Å². The van der Waals surface area contributed by atoms with Crippen molar-refractivity contribution in [2.24, 2.45) is 11.3 Å². The monoisotopic (exact) mass is 446 g/mol. The van der Waals surface area contributed by atoms with E-state index in [9.17, 15) is 14.0 Å². The maximum absolute atomic E-state index is 13.3. The van der Waals surface area contributed by atoms with Crippen molar-refractivity contribution in [1.29, 1.82) is 0 Å². The average molecular weight is 447 g/mol. The third-order valence-electron chi connectivity index (χ3n) is 5.77. The van der Waals surface area contributed by atoms with Gasteiger partial charge in [0.2, 0.25) is 6.41 Å². The Kier molecular flexibility index (Phi) is 7.21. The lowest BCUT2D eigenvalue weighted by Gasteiger charge is -2.58. The van der Waals surface area contributed by atoms with Gasteiger partial charge >= 0.3 is 0 Å². The van der Waals surface area contributed by atoms with Crippen molar-refractivity contribution in [3.63, 3.8) is 0 Å². The molecule has 1 saturated heterocycles. The first-order chi connectivity index (χ1) is 14.8. The van der Waals surface area contributed by atoms with Crippen LogP contribution in [-0.2, 0) is 4.79 Å². The zero-order chi connectivity index (χ0) is 22.6. The number of nitrogens with zero attached hydrogens (tertiary/aromatic N) is 2. The van der Waals surface area contributed by atoms with Crippen LogP contribution in [0.3, 0.4) is 0 Å². The lowest BCUT2D eigenvalue weighted by molar-refractivity contribution is -0.107. The highest BCUT2D eigenvalue weighted by Crippen LogP contribution is 2.52. The summed E-state index contributed by atoms with van der Waals surface area (Å²) in [6.07, 6.45) is 3.16. The van der Waals surface area contributed by atoms with Crippen LogP contribution in [0.25, 0.3) is 0 Å². The molecule has 1 saturated carbocycles. The smallest absolute Gasteiger partial charge is 0.257 e. The highest BCUT2D eigenvalue weighted by Gasteiger charge is 2.52. The van der Waals surface area contributed by atoms with E-state index in [0.717, 1.165) is 31.1 Å². The second-order valence-corrected chi connectivity index (χ2v) is 8.82. The molecule has 2 fully saturated rings. The molecule has 0 bridgehead atoms. The second-order valence-electron chi connectivity index (χ2n) is 8.42. The molecule has 0 unspecified atom stereocenters. The number of rotatable bonds is 5. The summed E-state index contributed by atoms with van der Waals surface area (Å²) in [5, 5.41) is 0.585. The number of hydrogen-bond acceptors (Lipinski definition) is 3. The molecule has 0 atom stereocenters. The van der Waals surface area contributed by atoms with E-state index in [1.807, 2.05) is 24.0 Å². The Balaban J connectivity index is 0.000000210. The molecule has 2 aromatic carbocycles. The van der Waals surface area contributed by atoms with Gasteiger partial charge in [0.15, 0.2) is 0 Å². The molecule has 0 N–H and O–H groups in total. The van der Waals surface area contributed by atoms with Crippen LogP contribution in [0.2, 0.25) is 5.02 Å². The molecule has 0 aromatic heterocycles. The fourth-order valence-corrected chi connectivity index (χ4v) is 4.77. The van der Waals surface area contributed by atoms with E-state index in [-0.39, 0.29) is 11.7 Å². The molecule has 1 spiro atoms. The maximum Gasteiger partial charge on any atom is 0.257 e. The van der Waals surface area contributed by atoms with E-state index >= 15 is 0 Å². The molecular weight excluding hydrogens is 419 g/mol. The van der Waals surface area contributed by atoms with Crippen molar-refractivity contribution in [2.75, 3.05) is 31.6 Å². The van der Waals surface area contributed by atoms with Gasteiger partial charge in [-0.15, -0.1) is 0 Å². The van der Waals surface area contributed by atoms with Crippen LogP contribution in [0, 0.1) is 17.2 Å². The number of likely N-dealkylation sites (tertiary alicyclic amines) is 1. The van der Waals surface area contributed by atoms with Gasteiger partial charge < -0.3 is 14.5 Å². The standard InChI is InChI=1S/C16H20FNO2.C8H8ClNO/c1-3-20-14-6-12(17)4-5-13(14)15(19)18-9-16(10-18)7-11(2)8-16;1-10(6-11)8-5-3-2-4-7(8)9/h4-6,11H,3,7-10H2,1-2H3;2-6H,1H3. The molecular formula is C24H28ClFN2O3. The molecule has 31 heavy (non-hydrogen) atoms. The topological polar surface area (TPSA) is 49.9 Å². The molecule has 2 amide bonds. The molecule has 2 aromatic rings. The van der Waals surface area contributed by atoms with Gasteiger partial charge in [0.1, 0.15) is 11.6 Å². The largest absolute Gasteiger partial charge is 0.493 e. The predicted octanol–water partition coefficient (Wildman–Crippen LogP) is 5.03. The van der Waals surface area contributed by atoms with Crippen LogP contribution < -0.4 is 9.64 Å². The van der Waals surface area contributed by atoms with Crippen molar-refractivity contribution in [3.05, 3.63) is 58.9 Å². The first kappa shape index (κ1) is 23.1. The summed E-state index contributed by atoms with van der Waals surface area (Å²) in [6, 6.07) is 11.3. The summed E-state index contributed by atoms with van der Waals surface area (Å²) in [6.45, 7) is 6.17. The highest BCUT2D eigenvalue weighted by molar-refractivity contribution is 6.33. The third kappa shape index (κ3) is 5.18. The summed E-state index contributed by atoms with van der Waals surface area (Å²) in [4.78, 5) is 26.1. The van der Waals surface area contributed by atoms with Gasteiger partial charge in [0, 0.05) is 31.6 Å². The Morgan fingerprint density at radius 1 is 1.29 bits per heavy atom. The number of carbonyl (C=O) groups is 2. The number of anilines is 1. The summed E-state index contributed by atoms with van der Waals surface area (Å²) in [7, 11) is 1.66. The van der Waals surface area contributed by atoms with Crippen LogP contribution in [0.1, 0.15) is 37.0 Å². The first-order valence-corrected chi connectivity index (χ1v) is 10.8. The summed E-state index contributed by atoms with van der Waals surface area (Å²) in [5.74, 6) is 0.717. The predicted molar refractivity (Wildman–Crippen MR) is 120 cm³/mol. The third-order valence-corrected chi connectivity index (χ3v) is 6.09. The Hall–Kier alpha value is -2.60. The molecule has 1 aliphatic heterocycles. The minimum Gasteiger partial charge on any atom is -0.493 e. The number of ether oxygens (including phenoxy) is 1. The number of hydrogen-bond donors (Lipinski definition) is 0. The molecule has 0 radical (unpaired) electrons. The number of halogens is 2. The number of benzene rings is 2. The van der Waals surface area contributed by atoms with E-state index < -0.39 is 0 Å². The lowest BCUT2D eigenvalue weighted by atomic mass is 9.58. The van der Waals surface area contributed by atoms with Gasteiger partial charge in [0.25, 0.3) is 5.91 Å². The lowest BCUT2D eigenvalue weighted by Crippen LogP contribution is -2.63. The first-order valence-electron chi connectivity index (χ1n) is 10.4. The van der Waals surface area contributed by atoms with Gasteiger partial charge in [-0.3, -0.25) is 9.59 Å². The van der Waals surface area contributed by atoms with Crippen LogP contribution in [-0.4, -0.2) is 44.0 Å². The van der Waals surface area contributed by atoms with Crippen molar-refractivity contribution < 1.29 is 18.7 Å². The van der Waals surface area contributed by atoms with E-state index in [2.05, 4.69) is 6.92 Å². The average Bonchev–Trinajstić information content (AvgIpc) is 2.70. The van der Waals surface area contributed by atoms with Crippen molar-refractivity contribution in [3.8, 4) is 5.75 Å². The Bertz CT molecular complexity index is 938. The molecule has 4 rings (SSSR count). The molecule has 2 aliphatic rings. The van der Waals surface area contributed by atoms with E-state index in [4.69, 9.17) is 16.3 Å². The molecule has 5 nitrogen and oxygen atoms in total. The normalized spacial score (nSPS) is 16.5. The number of amides is 2. The fourth-order valence-electron chi connectivity index (χ4n) is 4.50. The van der Waals surface area contributed by atoms with Gasteiger partial charge in [0.05, 0.1) is 22.9 Å². The van der Waals surface area contributed by atoms with Crippen molar-refractivity contribution in [2.45, 2.75) is 26.7 Å². The van der Waals surface area contributed by atoms with Crippen molar-refractivity contribution in [1.82, 2.24) is 4.90 Å². The minimum absolute atomic E-state index is 0.0429. The Morgan fingerprint density at radius 2 is 1.97 bits per heavy atom. The minimum atomic E-state index is -0.377. The van der Waals surface area contributed by atoms with Gasteiger partial charge in [-0.1, -0.05) is 30.7 Å². The van der Waals surface area contributed by atoms with Crippen LogP contribution in [0.4, 0.5) is 10.1 Å². The second kappa shape index (κ2) is 9.69. The maximum atomic E-state index is 13.3. The quantitative estimate of drug-likeness (QED) is 0.605. The van der Waals surface area contributed by atoms with Crippen LogP contribution >= 0.6 is 11.6 Å². The highest BCUT2D eigenvalue weighted by atomic mass is 35.5. The van der Waals surface area contributed by atoms with Gasteiger partial charge in [-0.2, -0.15) is 0 Å². The molecule has 7 heteroatoms. The van der Waals surface area contributed by atoms with Crippen LogP contribution in [0.5, 0.6) is 5.75 Å². The number of carbonyl (C=O) groups excluding carboxylic acids is 2. The van der Waals surface area contributed by atoms with Gasteiger partial charge in [-0.05, 0) is 49.9 Å². The zero-order valence-corrected chi connectivity index (χ0v) is 18.9. The molecule has 1 heterocycles. The summed E-state index contributed by atoms with van der Waals surface area (Å²) < 4.78 is 18.6. The fraction of sp³-hybridized carbons (Fsp3) is 0.417. The number of para-hydroxylation sites is 1.